The third-order valence-electron chi connectivity index (χ3n) is 5.26. The number of carbonyl (C=O) groups excluding carboxylic acids is 1. The van der Waals surface area contributed by atoms with Crippen LogP contribution >= 0.6 is 11.6 Å². The van der Waals surface area contributed by atoms with Gasteiger partial charge in [-0.25, -0.2) is 0 Å². The maximum atomic E-state index is 12.7. The van der Waals surface area contributed by atoms with E-state index in [-0.39, 0.29) is 5.91 Å². The van der Waals surface area contributed by atoms with Crippen molar-refractivity contribution in [2.75, 3.05) is 5.32 Å². The zero-order valence-electron chi connectivity index (χ0n) is 14.1. The molecule has 1 N–H and O–H groups in total. The minimum atomic E-state index is -0.107. The summed E-state index contributed by atoms with van der Waals surface area (Å²) in [5, 5.41) is 8.25. The predicted octanol–water partition coefficient (Wildman–Crippen LogP) is 4.47. The van der Waals surface area contributed by atoms with Crippen LogP contribution in [-0.2, 0) is 7.05 Å². The lowest BCUT2D eigenvalue weighted by Gasteiger charge is -2.18. The summed E-state index contributed by atoms with van der Waals surface area (Å²) in [6.45, 7) is 3.83. The average molecular weight is 342 g/mol. The highest BCUT2D eigenvalue weighted by atomic mass is 35.5. The number of hydrogen-bond acceptors (Lipinski definition) is 2. The standard InChI is InChI=1S/C19H20ClN3O/c1-10(20)17-13-7-8-14(17)18-12(13)5-4-6-16(18)21-19(24)15-9-23(3)22-11(15)2/h4-6,9,13-14H,7-8H2,1-3H3,(H,21,24)/b17-10+/t13-,14-/m0/s1. The first-order valence-electron chi connectivity index (χ1n) is 8.28. The van der Waals surface area contributed by atoms with E-state index in [2.05, 4.69) is 16.5 Å². The highest BCUT2D eigenvalue weighted by Crippen LogP contribution is 2.60. The van der Waals surface area contributed by atoms with Gasteiger partial charge >= 0.3 is 0 Å². The van der Waals surface area contributed by atoms with Gasteiger partial charge in [0.25, 0.3) is 5.91 Å². The molecule has 1 aromatic carbocycles. The number of anilines is 1. The van der Waals surface area contributed by atoms with Gasteiger partial charge in [0.1, 0.15) is 0 Å². The number of benzene rings is 1. The fourth-order valence-electron chi connectivity index (χ4n) is 4.39. The van der Waals surface area contributed by atoms with Crippen molar-refractivity contribution in [3.8, 4) is 0 Å². The lowest BCUT2D eigenvalue weighted by atomic mass is 9.90. The number of hydrogen-bond donors (Lipinski definition) is 1. The van der Waals surface area contributed by atoms with Crippen molar-refractivity contribution >= 4 is 23.2 Å². The van der Waals surface area contributed by atoms with Crippen molar-refractivity contribution in [3.05, 3.63) is 57.4 Å². The summed E-state index contributed by atoms with van der Waals surface area (Å²) in [4.78, 5) is 12.7. The van der Waals surface area contributed by atoms with Gasteiger partial charge in [-0.3, -0.25) is 9.48 Å². The molecule has 1 fully saturated rings. The Morgan fingerprint density at radius 2 is 2.08 bits per heavy atom. The van der Waals surface area contributed by atoms with Crippen LogP contribution in [0.3, 0.4) is 0 Å². The Labute approximate surface area is 146 Å². The van der Waals surface area contributed by atoms with Crippen molar-refractivity contribution in [1.29, 1.82) is 0 Å². The molecule has 2 aliphatic rings. The summed E-state index contributed by atoms with van der Waals surface area (Å²) in [5.41, 5.74) is 6.17. The first kappa shape index (κ1) is 15.5. The Morgan fingerprint density at radius 1 is 1.33 bits per heavy atom. The SMILES string of the molecule is C/C(Cl)=C1/[C@H]2CC[C@@H]1c1c(NC(=O)c3cn(C)nc3C)cccc12. The third kappa shape index (κ3) is 2.20. The molecular weight excluding hydrogens is 322 g/mol. The number of halogens is 1. The monoisotopic (exact) mass is 341 g/mol. The van der Waals surface area contributed by atoms with E-state index in [4.69, 9.17) is 11.6 Å². The lowest BCUT2D eigenvalue weighted by molar-refractivity contribution is 0.102. The second kappa shape index (κ2) is 5.49. The Bertz CT molecular complexity index is 877. The number of nitrogens with one attached hydrogen (secondary N) is 1. The Hall–Kier alpha value is -2.07. The number of aryl methyl sites for hydroxylation is 2. The zero-order valence-corrected chi connectivity index (χ0v) is 14.8. The van der Waals surface area contributed by atoms with Gasteiger partial charge in [-0.1, -0.05) is 23.7 Å². The first-order valence-corrected chi connectivity index (χ1v) is 8.65. The summed E-state index contributed by atoms with van der Waals surface area (Å²) in [7, 11) is 1.82. The summed E-state index contributed by atoms with van der Waals surface area (Å²) in [5.74, 6) is 0.651. The summed E-state index contributed by atoms with van der Waals surface area (Å²) < 4.78 is 1.67. The molecule has 0 aliphatic heterocycles. The second-order valence-electron chi connectivity index (χ2n) is 6.74. The van der Waals surface area contributed by atoms with Gasteiger partial charge in [0, 0.05) is 35.8 Å². The molecule has 1 aromatic heterocycles. The van der Waals surface area contributed by atoms with E-state index in [1.54, 1.807) is 10.9 Å². The maximum Gasteiger partial charge on any atom is 0.259 e. The fraction of sp³-hybridized carbons (Fsp3) is 0.368. The number of aromatic nitrogens is 2. The summed E-state index contributed by atoms with van der Waals surface area (Å²) >= 11 is 6.36. The van der Waals surface area contributed by atoms with E-state index < -0.39 is 0 Å². The summed E-state index contributed by atoms with van der Waals surface area (Å²) in [6.07, 6.45) is 4.01. The Kier molecular flexibility index (Phi) is 3.53. The predicted molar refractivity (Wildman–Crippen MR) is 95.6 cm³/mol. The molecule has 4 nitrogen and oxygen atoms in total. The molecule has 24 heavy (non-hydrogen) atoms. The van der Waals surface area contributed by atoms with Gasteiger partial charge in [-0.15, -0.1) is 0 Å². The highest BCUT2D eigenvalue weighted by Gasteiger charge is 2.43. The first-order chi connectivity index (χ1) is 11.5. The van der Waals surface area contributed by atoms with Crippen molar-refractivity contribution in [3.63, 3.8) is 0 Å². The number of fused-ring (bicyclic) bond motifs is 5. The van der Waals surface area contributed by atoms with Crippen LogP contribution in [0.15, 0.2) is 35.0 Å². The van der Waals surface area contributed by atoms with Gasteiger partial charge in [0.05, 0.1) is 11.3 Å². The third-order valence-corrected chi connectivity index (χ3v) is 5.48. The normalized spacial score (nSPS) is 23.3. The average Bonchev–Trinajstić information content (AvgIpc) is 3.19. The molecule has 2 bridgehead atoms. The molecule has 4 rings (SSSR count). The number of carbonyl (C=O) groups is 1. The molecule has 2 aromatic rings. The molecule has 1 saturated carbocycles. The van der Waals surface area contributed by atoms with E-state index >= 15 is 0 Å². The molecule has 5 heteroatoms. The van der Waals surface area contributed by atoms with Gasteiger partial charge in [0.2, 0.25) is 0 Å². The minimum absolute atomic E-state index is 0.107. The van der Waals surface area contributed by atoms with Crippen LogP contribution in [0.4, 0.5) is 5.69 Å². The van der Waals surface area contributed by atoms with Crippen molar-refractivity contribution in [2.24, 2.45) is 7.05 Å². The van der Waals surface area contributed by atoms with Crippen LogP contribution in [-0.4, -0.2) is 15.7 Å². The van der Waals surface area contributed by atoms with Crippen LogP contribution in [0.5, 0.6) is 0 Å². The number of amides is 1. The second-order valence-corrected chi connectivity index (χ2v) is 7.30. The van der Waals surface area contributed by atoms with E-state index in [9.17, 15) is 4.79 Å². The molecular formula is C19H20ClN3O. The molecule has 0 unspecified atom stereocenters. The van der Waals surface area contributed by atoms with Gasteiger partial charge < -0.3 is 5.32 Å². The molecule has 1 heterocycles. The molecule has 0 spiro atoms. The zero-order chi connectivity index (χ0) is 17.0. The van der Waals surface area contributed by atoms with Crippen LogP contribution in [0.2, 0.25) is 0 Å². The van der Waals surface area contributed by atoms with Gasteiger partial charge in [0.15, 0.2) is 0 Å². The van der Waals surface area contributed by atoms with Gasteiger partial charge in [-0.2, -0.15) is 5.10 Å². The largest absolute Gasteiger partial charge is 0.322 e. The number of nitrogens with zero attached hydrogens (tertiary/aromatic N) is 2. The number of rotatable bonds is 2. The van der Waals surface area contributed by atoms with Crippen molar-refractivity contribution < 1.29 is 4.79 Å². The smallest absolute Gasteiger partial charge is 0.259 e. The fourth-order valence-corrected chi connectivity index (χ4v) is 4.65. The molecule has 124 valence electrons. The van der Waals surface area contributed by atoms with Crippen molar-refractivity contribution in [2.45, 2.75) is 38.5 Å². The summed E-state index contributed by atoms with van der Waals surface area (Å²) in [6, 6.07) is 6.18. The van der Waals surface area contributed by atoms with Crippen LogP contribution < -0.4 is 5.32 Å². The lowest BCUT2D eigenvalue weighted by Crippen LogP contribution is -2.15. The van der Waals surface area contributed by atoms with Gasteiger partial charge in [-0.05, 0) is 49.5 Å². The van der Waals surface area contributed by atoms with Crippen LogP contribution in [0.25, 0.3) is 0 Å². The highest BCUT2D eigenvalue weighted by molar-refractivity contribution is 6.29. The Morgan fingerprint density at radius 3 is 2.75 bits per heavy atom. The van der Waals surface area contributed by atoms with E-state index in [1.807, 2.05) is 33.0 Å². The topological polar surface area (TPSA) is 46.9 Å². The molecule has 1 amide bonds. The van der Waals surface area contributed by atoms with Crippen LogP contribution in [0.1, 0.15) is 58.8 Å². The maximum absolute atomic E-state index is 12.7. The van der Waals surface area contributed by atoms with E-state index in [1.165, 1.54) is 16.7 Å². The van der Waals surface area contributed by atoms with Crippen molar-refractivity contribution in [1.82, 2.24) is 9.78 Å². The molecule has 2 aliphatic carbocycles. The van der Waals surface area contributed by atoms with E-state index in [0.29, 0.717) is 17.4 Å². The molecule has 2 atom stereocenters. The molecule has 0 saturated heterocycles. The Balaban J connectivity index is 1.72. The van der Waals surface area contributed by atoms with E-state index in [0.717, 1.165) is 29.3 Å². The minimum Gasteiger partial charge on any atom is -0.322 e. The van der Waals surface area contributed by atoms with Crippen LogP contribution in [0, 0.1) is 6.92 Å². The number of allylic oxidation sites excluding steroid dienone is 2. The molecule has 0 radical (unpaired) electrons. The quantitative estimate of drug-likeness (QED) is 0.876.